The van der Waals surface area contributed by atoms with E-state index in [1.807, 2.05) is 26.8 Å². The van der Waals surface area contributed by atoms with Gasteiger partial charge in [0, 0.05) is 19.2 Å². The maximum absolute atomic E-state index is 11.8. The highest BCUT2D eigenvalue weighted by atomic mass is 16.6. The molecule has 0 spiro atoms. The van der Waals surface area contributed by atoms with Crippen molar-refractivity contribution in [3.05, 3.63) is 12.3 Å². The second-order valence-electron chi connectivity index (χ2n) is 6.36. The lowest BCUT2D eigenvalue weighted by molar-refractivity contribution is 0.0509. The number of nitrogen functional groups attached to an aromatic ring is 1. The summed E-state index contributed by atoms with van der Waals surface area (Å²) in [4.78, 5) is 18.2. The molecule has 0 saturated carbocycles. The Bertz CT molecular complexity index is 542. The number of anilines is 2. The molecule has 0 bridgehead atoms. The molecular formula is C15H24N4O3. The van der Waals surface area contributed by atoms with Crippen LogP contribution in [0.3, 0.4) is 0 Å². The van der Waals surface area contributed by atoms with Crippen LogP contribution in [0.5, 0.6) is 5.75 Å². The van der Waals surface area contributed by atoms with Gasteiger partial charge in [-0.15, -0.1) is 0 Å². The van der Waals surface area contributed by atoms with Gasteiger partial charge in [-0.2, -0.15) is 0 Å². The van der Waals surface area contributed by atoms with Crippen molar-refractivity contribution in [3.8, 4) is 5.75 Å². The van der Waals surface area contributed by atoms with Gasteiger partial charge in [-0.05, 0) is 27.2 Å². The molecule has 0 radical (unpaired) electrons. The fourth-order valence-electron chi connectivity index (χ4n) is 2.35. The Morgan fingerprint density at radius 3 is 2.86 bits per heavy atom. The fraction of sp³-hybridized carbons (Fsp3) is 0.600. The minimum absolute atomic E-state index is 0.0418. The summed E-state index contributed by atoms with van der Waals surface area (Å²) in [5.41, 5.74) is 5.79. The Morgan fingerprint density at radius 1 is 1.50 bits per heavy atom. The summed E-state index contributed by atoms with van der Waals surface area (Å²) in [6.07, 6.45) is 2.04. The molecule has 1 aliphatic heterocycles. The summed E-state index contributed by atoms with van der Waals surface area (Å²) in [5.74, 6) is 1.40. The molecule has 1 amide bonds. The minimum atomic E-state index is -0.492. The lowest BCUT2D eigenvalue weighted by atomic mass is 10.2. The van der Waals surface area contributed by atoms with Crippen molar-refractivity contribution in [3.63, 3.8) is 0 Å². The minimum Gasteiger partial charge on any atom is -0.494 e. The van der Waals surface area contributed by atoms with E-state index in [1.165, 1.54) is 0 Å². The largest absolute Gasteiger partial charge is 0.494 e. The van der Waals surface area contributed by atoms with Crippen molar-refractivity contribution in [1.29, 1.82) is 0 Å². The number of nitrogens with two attached hydrogens (primary N) is 1. The summed E-state index contributed by atoms with van der Waals surface area (Å²) in [7, 11) is 1.58. The summed E-state index contributed by atoms with van der Waals surface area (Å²) in [6, 6.07) is 1.85. The monoisotopic (exact) mass is 308 g/mol. The molecule has 22 heavy (non-hydrogen) atoms. The number of carbonyl (C=O) groups is 1. The normalized spacial score (nSPS) is 18.2. The van der Waals surface area contributed by atoms with Crippen molar-refractivity contribution >= 4 is 17.6 Å². The van der Waals surface area contributed by atoms with Crippen LogP contribution in [0.1, 0.15) is 27.2 Å². The van der Waals surface area contributed by atoms with Gasteiger partial charge < -0.3 is 25.4 Å². The first-order valence-corrected chi connectivity index (χ1v) is 7.32. The zero-order valence-electron chi connectivity index (χ0n) is 13.5. The highest BCUT2D eigenvalue weighted by Gasteiger charge is 2.27. The molecule has 3 N–H and O–H groups in total. The second kappa shape index (κ2) is 6.29. The van der Waals surface area contributed by atoms with Gasteiger partial charge in [0.1, 0.15) is 17.2 Å². The van der Waals surface area contributed by atoms with Crippen molar-refractivity contribution in [2.45, 2.75) is 38.8 Å². The number of pyridine rings is 1. The molecule has 2 rings (SSSR count). The van der Waals surface area contributed by atoms with Crippen LogP contribution in [0.15, 0.2) is 12.3 Å². The average molecular weight is 308 g/mol. The Labute approximate surface area is 130 Å². The molecule has 7 heteroatoms. The fourth-order valence-corrected chi connectivity index (χ4v) is 2.35. The maximum Gasteiger partial charge on any atom is 0.407 e. The highest BCUT2D eigenvalue weighted by Crippen LogP contribution is 2.27. The number of ether oxygens (including phenoxy) is 2. The number of carbonyl (C=O) groups excluding carboxylic acids is 1. The van der Waals surface area contributed by atoms with E-state index in [0.717, 1.165) is 18.8 Å². The summed E-state index contributed by atoms with van der Waals surface area (Å²) >= 11 is 0. The number of nitrogens with zero attached hydrogens (tertiary/aromatic N) is 2. The second-order valence-corrected chi connectivity index (χ2v) is 6.36. The predicted molar refractivity (Wildman–Crippen MR) is 85.2 cm³/mol. The van der Waals surface area contributed by atoms with Crippen molar-refractivity contribution in [2.75, 3.05) is 30.8 Å². The Hall–Kier alpha value is -2.18. The molecule has 0 aromatic carbocycles. The number of nitrogens with one attached hydrogen (secondary N) is 1. The van der Waals surface area contributed by atoms with E-state index in [4.69, 9.17) is 15.2 Å². The van der Waals surface area contributed by atoms with E-state index in [9.17, 15) is 4.79 Å². The van der Waals surface area contributed by atoms with Crippen LogP contribution in [-0.2, 0) is 4.74 Å². The van der Waals surface area contributed by atoms with Gasteiger partial charge in [-0.1, -0.05) is 0 Å². The van der Waals surface area contributed by atoms with E-state index >= 15 is 0 Å². The third-order valence-electron chi connectivity index (χ3n) is 3.33. The molecule has 1 saturated heterocycles. The quantitative estimate of drug-likeness (QED) is 0.884. The van der Waals surface area contributed by atoms with Crippen molar-refractivity contribution in [2.24, 2.45) is 0 Å². The van der Waals surface area contributed by atoms with E-state index in [-0.39, 0.29) is 12.1 Å². The van der Waals surface area contributed by atoms with Gasteiger partial charge in [-0.25, -0.2) is 9.78 Å². The number of hydrogen-bond donors (Lipinski definition) is 2. The first-order chi connectivity index (χ1) is 10.3. The number of amides is 1. The van der Waals surface area contributed by atoms with Crippen LogP contribution in [0, 0.1) is 0 Å². The Morgan fingerprint density at radius 2 is 2.23 bits per heavy atom. The molecule has 1 aromatic heterocycles. The molecular weight excluding hydrogens is 284 g/mol. The molecule has 1 fully saturated rings. The molecule has 0 unspecified atom stereocenters. The van der Waals surface area contributed by atoms with E-state index < -0.39 is 5.60 Å². The van der Waals surface area contributed by atoms with Gasteiger partial charge in [0.2, 0.25) is 0 Å². The smallest absolute Gasteiger partial charge is 0.407 e. The molecule has 7 nitrogen and oxygen atoms in total. The maximum atomic E-state index is 11.8. The van der Waals surface area contributed by atoms with E-state index in [1.54, 1.807) is 13.3 Å². The molecule has 1 atom stereocenters. The Balaban J connectivity index is 1.94. The third kappa shape index (κ3) is 4.16. The first kappa shape index (κ1) is 16.2. The van der Waals surface area contributed by atoms with Gasteiger partial charge in [0.05, 0.1) is 25.0 Å². The first-order valence-electron chi connectivity index (χ1n) is 7.32. The zero-order chi connectivity index (χ0) is 16.3. The standard InChI is InChI=1S/C15H24N4O3/c1-15(2,3)22-14(20)18-10-5-6-19(9-10)13-7-12(21-4)11(16)8-17-13/h7-8,10H,5-6,9,16H2,1-4H3,(H,18,20)/t10-/m1/s1. The lowest BCUT2D eigenvalue weighted by Gasteiger charge is -2.22. The van der Waals surface area contributed by atoms with Crippen LogP contribution < -0.4 is 20.7 Å². The summed E-state index contributed by atoms with van der Waals surface area (Å²) in [6.45, 7) is 7.02. The molecule has 2 heterocycles. The molecule has 0 aliphatic carbocycles. The van der Waals surface area contributed by atoms with Crippen LogP contribution in [0.2, 0.25) is 0 Å². The number of hydrogen-bond acceptors (Lipinski definition) is 6. The van der Waals surface area contributed by atoms with Gasteiger partial charge in [0.15, 0.2) is 0 Å². The van der Waals surface area contributed by atoms with E-state index in [2.05, 4.69) is 15.2 Å². The summed E-state index contributed by atoms with van der Waals surface area (Å²) < 4.78 is 10.5. The van der Waals surface area contributed by atoms with Crippen LogP contribution in [0.25, 0.3) is 0 Å². The average Bonchev–Trinajstić information content (AvgIpc) is 2.85. The SMILES string of the molecule is COc1cc(N2CC[C@@H](NC(=O)OC(C)(C)C)C2)ncc1N. The van der Waals surface area contributed by atoms with Crippen molar-refractivity contribution in [1.82, 2.24) is 10.3 Å². The van der Waals surface area contributed by atoms with Crippen molar-refractivity contribution < 1.29 is 14.3 Å². The predicted octanol–water partition coefficient (Wildman–Crippen LogP) is 1.78. The van der Waals surface area contributed by atoms with Gasteiger partial charge >= 0.3 is 6.09 Å². The van der Waals surface area contributed by atoms with Crippen LogP contribution >= 0.6 is 0 Å². The molecule has 1 aromatic rings. The topological polar surface area (TPSA) is 89.7 Å². The number of aromatic nitrogens is 1. The van der Waals surface area contributed by atoms with Gasteiger partial charge in [-0.3, -0.25) is 0 Å². The van der Waals surface area contributed by atoms with E-state index in [0.29, 0.717) is 18.0 Å². The molecule has 1 aliphatic rings. The summed E-state index contributed by atoms with van der Waals surface area (Å²) in [5, 5.41) is 2.89. The third-order valence-corrected chi connectivity index (χ3v) is 3.33. The van der Waals surface area contributed by atoms with Crippen LogP contribution in [-0.4, -0.2) is 42.9 Å². The number of rotatable bonds is 3. The number of alkyl carbamates (subject to hydrolysis) is 1. The highest BCUT2D eigenvalue weighted by molar-refractivity contribution is 5.68. The zero-order valence-corrected chi connectivity index (χ0v) is 13.5. The van der Waals surface area contributed by atoms with Gasteiger partial charge in [0.25, 0.3) is 0 Å². The van der Waals surface area contributed by atoms with Crippen LogP contribution in [0.4, 0.5) is 16.3 Å². The molecule has 122 valence electrons. The Kier molecular flexibility index (Phi) is 4.63. The number of methoxy groups -OCH3 is 1. The lowest BCUT2D eigenvalue weighted by Crippen LogP contribution is -2.40.